The van der Waals surface area contributed by atoms with Crippen molar-refractivity contribution in [2.24, 2.45) is 5.73 Å². The number of furan rings is 1. The predicted molar refractivity (Wildman–Crippen MR) is 85.1 cm³/mol. The van der Waals surface area contributed by atoms with Gasteiger partial charge in [-0.05, 0) is 33.8 Å². The van der Waals surface area contributed by atoms with Crippen LogP contribution in [0.5, 0.6) is 0 Å². The molecule has 0 saturated carbocycles. The second-order valence-electron chi connectivity index (χ2n) is 6.76. The van der Waals surface area contributed by atoms with Crippen LogP contribution in [-0.2, 0) is 4.74 Å². The van der Waals surface area contributed by atoms with Gasteiger partial charge in [-0.3, -0.25) is 4.79 Å². The van der Waals surface area contributed by atoms with E-state index in [1.165, 1.54) is 6.26 Å². The molecule has 2 amide bonds. The molecule has 1 aliphatic heterocycles. The van der Waals surface area contributed by atoms with Crippen LogP contribution < -0.4 is 5.73 Å². The van der Waals surface area contributed by atoms with Crippen molar-refractivity contribution in [3.05, 3.63) is 23.7 Å². The summed E-state index contributed by atoms with van der Waals surface area (Å²) >= 11 is 0. The van der Waals surface area contributed by atoms with Crippen LogP contribution in [0.3, 0.4) is 0 Å². The van der Waals surface area contributed by atoms with Crippen molar-refractivity contribution in [2.45, 2.75) is 39.3 Å². The molecule has 2 rings (SSSR count). The minimum atomic E-state index is -0.545. The molecule has 7 heteroatoms. The molecule has 1 atom stereocenters. The predicted octanol–water partition coefficient (Wildman–Crippen LogP) is 1.61. The highest BCUT2D eigenvalue weighted by molar-refractivity contribution is 5.94. The van der Waals surface area contributed by atoms with E-state index in [0.717, 1.165) is 0 Å². The van der Waals surface area contributed by atoms with Gasteiger partial charge in [-0.2, -0.15) is 0 Å². The second-order valence-corrected chi connectivity index (χ2v) is 6.76. The van der Waals surface area contributed by atoms with Gasteiger partial charge in [-0.15, -0.1) is 0 Å². The molecule has 0 spiro atoms. The summed E-state index contributed by atoms with van der Waals surface area (Å²) < 4.78 is 10.6. The third-order valence-electron chi connectivity index (χ3n) is 3.64. The van der Waals surface area contributed by atoms with Crippen molar-refractivity contribution < 1.29 is 18.7 Å². The van der Waals surface area contributed by atoms with Gasteiger partial charge in [-0.25, -0.2) is 4.79 Å². The maximum Gasteiger partial charge on any atom is 0.410 e. The quantitative estimate of drug-likeness (QED) is 0.893. The molecule has 1 aromatic heterocycles. The summed E-state index contributed by atoms with van der Waals surface area (Å²) in [6, 6.07) is 1.47. The van der Waals surface area contributed by atoms with Gasteiger partial charge < -0.3 is 24.7 Å². The van der Waals surface area contributed by atoms with Crippen molar-refractivity contribution in [3.63, 3.8) is 0 Å². The van der Waals surface area contributed by atoms with Crippen molar-refractivity contribution in [2.75, 3.05) is 26.2 Å². The number of piperazine rings is 1. The van der Waals surface area contributed by atoms with Crippen LogP contribution in [0.15, 0.2) is 16.7 Å². The molecule has 1 fully saturated rings. The van der Waals surface area contributed by atoms with Gasteiger partial charge in [0.1, 0.15) is 17.6 Å². The minimum absolute atomic E-state index is 0.124. The highest BCUT2D eigenvalue weighted by atomic mass is 16.6. The van der Waals surface area contributed by atoms with Crippen LogP contribution in [-0.4, -0.2) is 59.6 Å². The molecule has 128 valence electrons. The molecule has 7 nitrogen and oxygen atoms in total. The number of carbonyl (C=O) groups excluding carboxylic acids is 2. The van der Waals surface area contributed by atoms with Gasteiger partial charge in [0, 0.05) is 26.2 Å². The Hall–Kier alpha value is -2.02. The molecular formula is C16H25N3O4. The lowest BCUT2D eigenvalue weighted by Crippen LogP contribution is -2.59. The number of carbonyl (C=O) groups is 2. The third-order valence-corrected chi connectivity index (χ3v) is 3.64. The molecule has 1 aromatic rings. The number of ether oxygens (including phenoxy) is 1. The van der Waals surface area contributed by atoms with Crippen LogP contribution in [0, 0.1) is 6.92 Å². The van der Waals surface area contributed by atoms with E-state index in [1.54, 1.807) is 22.8 Å². The van der Waals surface area contributed by atoms with Crippen LogP contribution >= 0.6 is 0 Å². The first kappa shape index (κ1) is 17.3. The highest BCUT2D eigenvalue weighted by Gasteiger charge is 2.34. The molecule has 1 saturated heterocycles. The zero-order valence-electron chi connectivity index (χ0n) is 14.2. The highest BCUT2D eigenvalue weighted by Crippen LogP contribution is 2.18. The second kappa shape index (κ2) is 6.62. The molecule has 1 aliphatic rings. The van der Waals surface area contributed by atoms with E-state index in [1.807, 2.05) is 20.8 Å². The standard InChI is InChI=1S/C16H25N3O4/c1-11-7-12(10-22-11)14(20)19-6-5-18(9-13(19)8-17)15(21)23-16(2,3)4/h7,10,13H,5-6,8-9,17H2,1-4H3. The lowest BCUT2D eigenvalue weighted by atomic mass is 10.1. The fourth-order valence-electron chi connectivity index (χ4n) is 2.54. The largest absolute Gasteiger partial charge is 0.469 e. The Morgan fingerprint density at radius 2 is 2.09 bits per heavy atom. The van der Waals surface area contributed by atoms with Gasteiger partial charge in [-0.1, -0.05) is 0 Å². The Balaban J connectivity index is 2.04. The van der Waals surface area contributed by atoms with E-state index in [-0.39, 0.29) is 24.6 Å². The van der Waals surface area contributed by atoms with Crippen molar-refractivity contribution in [3.8, 4) is 0 Å². The van der Waals surface area contributed by atoms with Crippen molar-refractivity contribution >= 4 is 12.0 Å². The van der Waals surface area contributed by atoms with Gasteiger partial charge in [0.2, 0.25) is 0 Å². The lowest BCUT2D eigenvalue weighted by Gasteiger charge is -2.41. The Morgan fingerprint density at radius 1 is 1.39 bits per heavy atom. The maximum absolute atomic E-state index is 12.6. The number of rotatable bonds is 2. The van der Waals surface area contributed by atoms with E-state index in [0.29, 0.717) is 31.0 Å². The van der Waals surface area contributed by atoms with Gasteiger partial charge in [0.05, 0.1) is 11.6 Å². The first-order chi connectivity index (χ1) is 10.7. The maximum atomic E-state index is 12.6. The summed E-state index contributed by atoms with van der Waals surface area (Å²) in [6.07, 6.45) is 1.08. The topological polar surface area (TPSA) is 89.0 Å². The third kappa shape index (κ3) is 4.25. The number of amides is 2. The average Bonchev–Trinajstić information content (AvgIpc) is 2.90. The van der Waals surface area contributed by atoms with Crippen molar-refractivity contribution in [1.29, 1.82) is 0 Å². The normalized spacial score (nSPS) is 18.9. The summed E-state index contributed by atoms with van der Waals surface area (Å²) in [5.74, 6) is 0.561. The molecule has 0 bridgehead atoms. The van der Waals surface area contributed by atoms with Gasteiger partial charge in [0.25, 0.3) is 5.91 Å². The number of nitrogens with zero attached hydrogens (tertiary/aromatic N) is 2. The molecule has 1 unspecified atom stereocenters. The molecule has 23 heavy (non-hydrogen) atoms. The van der Waals surface area contributed by atoms with Gasteiger partial charge >= 0.3 is 6.09 Å². The van der Waals surface area contributed by atoms with E-state index in [4.69, 9.17) is 14.9 Å². The number of hydrogen-bond acceptors (Lipinski definition) is 5. The van der Waals surface area contributed by atoms with E-state index >= 15 is 0 Å². The summed E-state index contributed by atoms with van der Waals surface area (Å²) in [7, 11) is 0. The molecular weight excluding hydrogens is 298 g/mol. The first-order valence-electron chi connectivity index (χ1n) is 7.75. The zero-order chi connectivity index (χ0) is 17.2. The van der Waals surface area contributed by atoms with E-state index < -0.39 is 5.60 Å². The zero-order valence-corrected chi connectivity index (χ0v) is 14.2. The summed E-state index contributed by atoms with van der Waals surface area (Å²) in [4.78, 5) is 28.0. The molecule has 0 aromatic carbocycles. The van der Waals surface area contributed by atoms with Crippen molar-refractivity contribution in [1.82, 2.24) is 9.80 Å². The Bertz CT molecular complexity index is 576. The van der Waals surface area contributed by atoms with E-state index in [9.17, 15) is 9.59 Å². The average molecular weight is 323 g/mol. The summed E-state index contributed by atoms with van der Waals surface area (Å²) in [5, 5.41) is 0. The molecule has 0 radical (unpaired) electrons. The van der Waals surface area contributed by atoms with Crippen LogP contribution in [0.25, 0.3) is 0 Å². The Morgan fingerprint density at radius 3 is 2.61 bits per heavy atom. The Kier molecular flexibility index (Phi) is 4.99. The molecule has 2 heterocycles. The SMILES string of the molecule is Cc1cc(C(=O)N2CCN(C(=O)OC(C)(C)C)CC2CN)co1. The fraction of sp³-hybridized carbons (Fsp3) is 0.625. The molecule has 0 aliphatic carbocycles. The lowest BCUT2D eigenvalue weighted by molar-refractivity contribution is 0.00526. The van der Waals surface area contributed by atoms with Crippen LogP contribution in [0.2, 0.25) is 0 Å². The van der Waals surface area contributed by atoms with Crippen LogP contribution in [0.4, 0.5) is 4.79 Å². The monoisotopic (exact) mass is 323 g/mol. The number of nitrogens with two attached hydrogens (primary N) is 1. The summed E-state index contributed by atoms with van der Waals surface area (Å²) in [6.45, 7) is 8.76. The number of aryl methyl sites for hydroxylation is 1. The summed E-state index contributed by atoms with van der Waals surface area (Å²) in [5.41, 5.74) is 5.77. The molecule has 2 N–H and O–H groups in total. The number of hydrogen-bond donors (Lipinski definition) is 1. The first-order valence-corrected chi connectivity index (χ1v) is 7.75. The van der Waals surface area contributed by atoms with E-state index in [2.05, 4.69) is 0 Å². The van der Waals surface area contributed by atoms with Gasteiger partial charge in [0.15, 0.2) is 0 Å². The fourth-order valence-corrected chi connectivity index (χ4v) is 2.54. The Labute approximate surface area is 136 Å². The minimum Gasteiger partial charge on any atom is -0.469 e. The smallest absolute Gasteiger partial charge is 0.410 e. The van der Waals surface area contributed by atoms with Crippen LogP contribution in [0.1, 0.15) is 36.9 Å².